The smallest absolute Gasteiger partial charge is 0.202 e. The molecule has 270 valence electrons. The van der Waals surface area contributed by atoms with Crippen LogP contribution < -0.4 is 0 Å². The Morgan fingerprint density at radius 2 is 0.702 bits per heavy atom. The van der Waals surface area contributed by atoms with E-state index in [4.69, 9.17) is 9.98 Å². The van der Waals surface area contributed by atoms with Crippen molar-refractivity contribution in [2.75, 3.05) is 0 Å². The Morgan fingerprint density at radius 3 is 1.12 bits per heavy atom. The third-order valence-corrected chi connectivity index (χ3v) is 11.6. The van der Waals surface area contributed by atoms with Gasteiger partial charge in [-0.15, -0.1) is 0 Å². The second-order valence-corrected chi connectivity index (χ2v) is 14.8. The van der Waals surface area contributed by atoms with Crippen molar-refractivity contribution >= 4 is 77.1 Å². The van der Waals surface area contributed by atoms with Crippen molar-refractivity contribution in [2.24, 2.45) is 9.98 Å². The van der Waals surface area contributed by atoms with Crippen molar-refractivity contribution < 1.29 is 20.4 Å². The molecule has 6 nitrogen and oxygen atoms in total. The second-order valence-electron chi connectivity index (χ2n) is 14.8. The number of fused-ring (bicyclic) bond motifs is 11. The summed E-state index contributed by atoms with van der Waals surface area (Å²) in [5, 5.41) is 56.1. The number of aliphatic imine (C=N–C) groups is 2. The molecule has 11 rings (SSSR count). The quantitative estimate of drug-likeness (QED) is 0.0820. The molecule has 0 heterocycles. The lowest BCUT2D eigenvalue weighted by Gasteiger charge is -2.24. The zero-order valence-electron chi connectivity index (χ0n) is 30.3. The fourth-order valence-electron chi connectivity index (χ4n) is 8.88. The molecule has 0 aliphatic heterocycles. The first-order valence-corrected chi connectivity index (χ1v) is 18.8. The summed E-state index contributed by atoms with van der Waals surface area (Å²) in [6, 6.07) is 52.1. The molecule has 0 bridgehead atoms. The number of nitrogens with zero attached hydrogens (tertiary/aromatic N) is 2. The molecular formula is C51H32N2O4. The van der Waals surface area contributed by atoms with Crippen molar-refractivity contribution in [3.63, 3.8) is 0 Å². The van der Waals surface area contributed by atoms with Crippen LogP contribution in [-0.4, -0.2) is 32.9 Å². The van der Waals surface area contributed by atoms with Crippen LogP contribution in [-0.2, 0) is 5.66 Å². The van der Waals surface area contributed by atoms with Crippen LogP contribution in [0.3, 0.4) is 0 Å². The van der Waals surface area contributed by atoms with E-state index in [1.807, 2.05) is 72.8 Å². The van der Waals surface area contributed by atoms with Crippen molar-refractivity contribution in [3.05, 3.63) is 180 Å². The van der Waals surface area contributed by atoms with E-state index in [2.05, 4.69) is 72.8 Å². The minimum absolute atomic E-state index is 0.258. The predicted molar refractivity (Wildman–Crippen MR) is 232 cm³/mol. The van der Waals surface area contributed by atoms with Crippen LogP contribution in [0, 0.1) is 0 Å². The van der Waals surface area contributed by atoms with E-state index in [0.29, 0.717) is 21.9 Å². The monoisotopic (exact) mass is 736 g/mol. The van der Waals surface area contributed by atoms with E-state index < -0.39 is 5.66 Å². The summed E-state index contributed by atoms with van der Waals surface area (Å²) in [7, 11) is 0. The minimum Gasteiger partial charge on any atom is -0.504 e. The van der Waals surface area contributed by atoms with E-state index in [1.165, 1.54) is 0 Å². The van der Waals surface area contributed by atoms with Gasteiger partial charge < -0.3 is 20.4 Å². The number of benzene rings is 10. The van der Waals surface area contributed by atoms with Crippen molar-refractivity contribution in [1.29, 1.82) is 0 Å². The number of rotatable bonds is 4. The third kappa shape index (κ3) is 4.84. The van der Waals surface area contributed by atoms with E-state index in [-0.39, 0.29) is 23.0 Å². The highest BCUT2D eigenvalue weighted by Crippen LogP contribution is 2.56. The van der Waals surface area contributed by atoms with Crippen LogP contribution in [0.5, 0.6) is 23.0 Å². The number of phenolic OH excluding ortho intramolecular Hbond substituents is 4. The fraction of sp³-hybridized carbons (Fsp3) is 0.0196. The summed E-state index contributed by atoms with van der Waals surface area (Å²) in [6.45, 7) is 0. The molecule has 0 radical (unpaired) electrons. The highest BCUT2D eigenvalue weighted by molar-refractivity contribution is 6.16. The Bertz CT molecular complexity index is 3190. The molecule has 0 fully saturated rings. The molecule has 0 saturated carbocycles. The molecule has 4 N–H and O–H groups in total. The zero-order chi connectivity index (χ0) is 38.4. The highest BCUT2D eigenvalue weighted by Gasteiger charge is 2.45. The highest BCUT2D eigenvalue weighted by atomic mass is 16.3. The Morgan fingerprint density at radius 1 is 0.351 bits per heavy atom. The van der Waals surface area contributed by atoms with Gasteiger partial charge in [-0.05, 0) is 112 Å². The van der Waals surface area contributed by atoms with E-state index in [0.717, 1.165) is 76.1 Å². The van der Waals surface area contributed by atoms with E-state index >= 15 is 0 Å². The molecule has 10 aromatic rings. The molecular weight excluding hydrogens is 705 g/mol. The molecule has 0 aromatic heterocycles. The average molecular weight is 737 g/mol. The lowest BCUT2D eigenvalue weighted by Crippen LogP contribution is -2.21. The number of hydrogen-bond donors (Lipinski definition) is 4. The predicted octanol–water partition coefficient (Wildman–Crippen LogP) is 11.8. The number of aromatic hydroxyl groups is 4. The summed E-state index contributed by atoms with van der Waals surface area (Å²) < 4.78 is 0. The molecule has 1 aliphatic rings. The Kier molecular flexibility index (Phi) is 6.97. The summed E-state index contributed by atoms with van der Waals surface area (Å²) in [5.41, 5.74) is 2.82. The summed E-state index contributed by atoms with van der Waals surface area (Å²) in [4.78, 5) is 10.8. The van der Waals surface area contributed by atoms with Gasteiger partial charge in [0.2, 0.25) is 5.66 Å². The van der Waals surface area contributed by atoms with Gasteiger partial charge in [0, 0.05) is 34.7 Å². The fourth-order valence-corrected chi connectivity index (χ4v) is 8.88. The number of phenols is 4. The van der Waals surface area contributed by atoms with Crippen molar-refractivity contribution in [1.82, 2.24) is 0 Å². The summed E-state index contributed by atoms with van der Waals surface area (Å²) in [6.07, 6.45) is 3.20. The van der Waals surface area contributed by atoms with Gasteiger partial charge in [0.1, 0.15) is 0 Å². The van der Waals surface area contributed by atoms with Crippen LogP contribution in [0.4, 0.5) is 0 Å². The molecule has 10 aromatic carbocycles. The van der Waals surface area contributed by atoms with E-state index in [9.17, 15) is 20.4 Å². The van der Waals surface area contributed by atoms with Crippen LogP contribution in [0.25, 0.3) is 75.8 Å². The largest absolute Gasteiger partial charge is 0.504 e. The second kappa shape index (κ2) is 12.2. The van der Waals surface area contributed by atoms with Gasteiger partial charge in [-0.2, -0.15) is 0 Å². The van der Waals surface area contributed by atoms with Gasteiger partial charge in [-0.25, -0.2) is 0 Å². The maximum absolute atomic E-state index is 11.4. The van der Waals surface area contributed by atoms with Gasteiger partial charge in [0.05, 0.1) is 0 Å². The van der Waals surface area contributed by atoms with Gasteiger partial charge >= 0.3 is 0 Å². The Hall–Kier alpha value is -7.70. The van der Waals surface area contributed by atoms with Crippen molar-refractivity contribution in [2.45, 2.75) is 5.66 Å². The molecule has 0 saturated heterocycles. The third-order valence-electron chi connectivity index (χ3n) is 11.6. The van der Waals surface area contributed by atoms with Crippen molar-refractivity contribution in [3.8, 4) is 34.1 Å². The van der Waals surface area contributed by atoms with E-state index in [1.54, 1.807) is 24.6 Å². The maximum Gasteiger partial charge on any atom is 0.202 e. The standard InChI is InChI=1S/C51H32N2O4/c54-45-25-33-13-5-7-15-37(33)41(49(45)56)27-52-51(53-28-42-38-16-8-6-14-34(38)26-46(55)50(42)57)43-19-17-35-21-29-9-1-3-11-31(29)23-39(35)47(43)48-40-24-32-12-4-2-10-30(32)22-36(40)18-20-44(48)51/h1-28,54-57H/b52-27+,53-28+. The Balaban J connectivity index is 1.29. The zero-order valence-corrected chi connectivity index (χ0v) is 30.3. The molecule has 57 heavy (non-hydrogen) atoms. The van der Waals surface area contributed by atoms with Gasteiger partial charge in [-0.1, -0.05) is 121 Å². The van der Waals surface area contributed by atoms with Gasteiger partial charge in [0.15, 0.2) is 23.0 Å². The topological polar surface area (TPSA) is 106 Å². The minimum atomic E-state index is -1.46. The summed E-state index contributed by atoms with van der Waals surface area (Å²) >= 11 is 0. The summed E-state index contributed by atoms with van der Waals surface area (Å²) in [5.74, 6) is -1.10. The first-order chi connectivity index (χ1) is 27.9. The van der Waals surface area contributed by atoms with Crippen LogP contribution in [0.1, 0.15) is 22.3 Å². The normalized spacial score (nSPS) is 13.5. The van der Waals surface area contributed by atoms with Crippen LogP contribution in [0.2, 0.25) is 0 Å². The molecule has 0 atom stereocenters. The SMILES string of the molecule is Oc1cc2ccccc2c(/C=N/C2(/N=C/c3c(O)c(O)cc4ccccc34)c3ccc4cc5ccccc5cc4c3-c3c2ccc2cc4ccccc4cc32)c1O. The molecule has 6 heteroatoms. The van der Waals surface area contributed by atoms with Crippen LogP contribution >= 0.6 is 0 Å². The molecule has 0 unspecified atom stereocenters. The van der Waals surface area contributed by atoms with Gasteiger partial charge in [-0.3, -0.25) is 9.98 Å². The first-order valence-electron chi connectivity index (χ1n) is 18.8. The average Bonchev–Trinajstić information content (AvgIpc) is 3.52. The molecule has 0 spiro atoms. The maximum atomic E-state index is 11.4. The lowest BCUT2D eigenvalue weighted by atomic mass is 9.91. The lowest BCUT2D eigenvalue weighted by molar-refractivity contribution is 0.404. The molecule has 1 aliphatic carbocycles. The Labute approximate surface area is 326 Å². The van der Waals surface area contributed by atoms with Gasteiger partial charge in [0.25, 0.3) is 0 Å². The van der Waals surface area contributed by atoms with Crippen LogP contribution in [0.15, 0.2) is 168 Å². The first kappa shape index (κ1) is 32.7. The molecule has 0 amide bonds. The number of hydrogen-bond acceptors (Lipinski definition) is 6.